The fraction of sp³-hybridized carbons (Fsp3) is 0.588. The largest absolute Gasteiger partial charge is 0.293 e. The van der Waals surface area contributed by atoms with Gasteiger partial charge in [-0.15, -0.1) is 5.10 Å². The molecule has 5 nitrogen and oxygen atoms in total. The standard InChI is InChI=1S/C17H21FN4O/c18-14-7-8-15-19-17(21-22(15)10-14)20-16(23)13-6-5-11-3-1-2-4-12(11)9-13/h7-8,10-13H,1-6,9H2,(H,20,21,23). The molecule has 0 bridgehead atoms. The molecular formula is C17H21FN4O. The van der Waals surface area contributed by atoms with Crippen molar-refractivity contribution in [2.75, 3.05) is 5.32 Å². The summed E-state index contributed by atoms with van der Waals surface area (Å²) in [7, 11) is 0. The molecule has 1 N–H and O–H groups in total. The summed E-state index contributed by atoms with van der Waals surface area (Å²) in [6.45, 7) is 0. The van der Waals surface area contributed by atoms with Crippen molar-refractivity contribution in [3.05, 3.63) is 24.1 Å². The van der Waals surface area contributed by atoms with E-state index in [0.29, 0.717) is 11.6 Å². The van der Waals surface area contributed by atoms with Crippen LogP contribution in [0.1, 0.15) is 44.9 Å². The van der Waals surface area contributed by atoms with Gasteiger partial charge in [-0.3, -0.25) is 10.1 Å². The third-order valence-electron chi connectivity index (χ3n) is 5.44. The number of carbonyl (C=O) groups excluding carboxylic acids is 1. The first-order valence-corrected chi connectivity index (χ1v) is 8.52. The van der Waals surface area contributed by atoms with Gasteiger partial charge >= 0.3 is 0 Å². The molecule has 3 atom stereocenters. The second-order valence-electron chi connectivity index (χ2n) is 6.89. The summed E-state index contributed by atoms with van der Waals surface area (Å²) in [6, 6.07) is 2.88. The normalized spacial score (nSPS) is 27.6. The summed E-state index contributed by atoms with van der Waals surface area (Å²) < 4.78 is 14.5. The number of rotatable bonds is 2. The maximum Gasteiger partial charge on any atom is 0.249 e. The molecule has 0 aromatic carbocycles. The van der Waals surface area contributed by atoms with Crippen LogP contribution >= 0.6 is 0 Å². The third kappa shape index (κ3) is 2.94. The van der Waals surface area contributed by atoms with E-state index in [0.717, 1.165) is 25.2 Å². The van der Waals surface area contributed by atoms with Gasteiger partial charge in [-0.05, 0) is 43.2 Å². The van der Waals surface area contributed by atoms with E-state index in [1.54, 1.807) is 6.07 Å². The number of hydrogen-bond acceptors (Lipinski definition) is 3. The molecule has 2 aromatic heterocycles. The molecule has 0 spiro atoms. The minimum Gasteiger partial charge on any atom is -0.293 e. The monoisotopic (exact) mass is 316 g/mol. The summed E-state index contributed by atoms with van der Waals surface area (Å²) in [5.41, 5.74) is 0.526. The Morgan fingerprint density at radius 1 is 1.17 bits per heavy atom. The van der Waals surface area contributed by atoms with Crippen LogP contribution in [-0.4, -0.2) is 20.5 Å². The van der Waals surface area contributed by atoms with Crippen molar-refractivity contribution in [2.24, 2.45) is 17.8 Å². The summed E-state index contributed by atoms with van der Waals surface area (Å²) in [4.78, 5) is 16.7. The molecule has 4 rings (SSSR count). The number of anilines is 1. The topological polar surface area (TPSA) is 59.3 Å². The Balaban J connectivity index is 1.44. The van der Waals surface area contributed by atoms with Crippen LogP contribution < -0.4 is 5.32 Å². The van der Waals surface area contributed by atoms with Crippen molar-refractivity contribution < 1.29 is 9.18 Å². The molecule has 0 saturated heterocycles. The third-order valence-corrected chi connectivity index (χ3v) is 5.44. The number of halogens is 1. The Hall–Kier alpha value is -1.98. The molecule has 122 valence electrons. The molecule has 2 aliphatic carbocycles. The Morgan fingerprint density at radius 2 is 2.00 bits per heavy atom. The SMILES string of the molecule is O=C(Nc1nc2ccc(F)cn2n1)C1CCC2CCCCC2C1. The van der Waals surface area contributed by atoms with Crippen LogP contribution in [0.2, 0.25) is 0 Å². The van der Waals surface area contributed by atoms with Gasteiger partial charge in [0, 0.05) is 5.92 Å². The van der Waals surface area contributed by atoms with Crippen LogP contribution in [-0.2, 0) is 4.79 Å². The summed E-state index contributed by atoms with van der Waals surface area (Å²) in [5.74, 6) is 1.46. The van der Waals surface area contributed by atoms with Gasteiger partial charge < -0.3 is 0 Å². The molecule has 0 aliphatic heterocycles. The highest BCUT2D eigenvalue weighted by atomic mass is 19.1. The van der Waals surface area contributed by atoms with Gasteiger partial charge in [0.05, 0.1) is 6.20 Å². The maximum absolute atomic E-state index is 13.2. The quantitative estimate of drug-likeness (QED) is 0.923. The molecule has 1 amide bonds. The van der Waals surface area contributed by atoms with Gasteiger partial charge in [0.25, 0.3) is 0 Å². The molecule has 0 radical (unpaired) electrons. The highest BCUT2D eigenvalue weighted by Crippen LogP contribution is 2.42. The van der Waals surface area contributed by atoms with E-state index in [9.17, 15) is 9.18 Å². The lowest BCUT2D eigenvalue weighted by molar-refractivity contribution is -0.122. The number of carbonyl (C=O) groups is 1. The second-order valence-corrected chi connectivity index (χ2v) is 6.89. The number of nitrogens with zero attached hydrogens (tertiary/aromatic N) is 3. The lowest BCUT2D eigenvalue weighted by atomic mass is 9.67. The highest BCUT2D eigenvalue weighted by Gasteiger charge is 2.35. The number of amides is 1. The van der Waals surface area contributed by atoms with Crippen LogP contribution in [0.3, 0.4) is 0 Å². The van der Waals surface area contributed by atoms with Crippen LogP contribution in [0.4, 0.5) is 10.3 Å². The molecule has 2 heterocycles. The number of fused-ring (bicyclic) bond motifs is 2. The van der Waals surface area contributed by atoms with Crippen LogP contribution in [0.15, 0.2) is 18.3 Å². The zero-order valence-electron chi connectivity index (χ0n) is 13.0. The number of nitrogens with one attached hydrogen (secondary N) is 1. The molecule has 2 aromatic rings. The van der Waals surface area contributed by atoms with Crippen LogP contribution in [0, 0.1) is 23.6 Å². The van der Waals surface area contributed by atoms with Gasteiger partial charge in [0.1, 0.15) is 5.82 Å². The maximum atomic E-state index is 13.2. The molecule has 2 aliphatic rings. The average molecular weight is 316 g/mol. The predicted molar refractivity (Wildman–Crippen MR) is 84.4 cm³/mol. The minimum atomic E-state index is -0.379. The van der Waals surface area contributed by atoms with Gasteiger partial charge in [0.2, 0.25) is 11.9 Å². The fourth-order valence-electron chi connectivity index (χ4n) is 4.23. The van der Waals surface area contributed by atoms with Gasteiger partial charge in [-0.1, -0.05) is 25.7 Å². The lowest BCUT2D eigenvalue weighted by Gasteiger charge is -2.38. The predicted octanol–water partition coefficient (Wildman–Crippen LogP) is 3.41. The van der Waals surface area contributed by atoms with E-state index in [4.69, 9.17) is 0 Å². The molecule has 6 heteroatoms. The van der Waals surface area contributed by atoms with Crippen molar-refractivity contribution in [1.82, 2.24) is 14.6 Å². The smallest absolute Gasteiger partial charge is 0.249 e. The molecule has 23 heavy (non-hydrogen) atoms. The highest BCUT2D eigenvalue weighted by molar-refractivity contribution is 5.91. The first kappa shape index (κ1) is 14.6. The van der Waals surface area contributed by atoms with Gasteiger partial charge in [-0.2, -0.15) is 4.98 Å². The van der Waals surface area contributed by atoms with Gasteiger partial charge in [0.15, 0.2) is 5.65 Å². The Morgan fingerprint density at radius 3 is 2.87 bits per heavy atom. The zero-order valence-corrected chi connectivity index (χ0v) is 13.0. The molecule has 3 unspecified atom stereocenters. The van der Waals surface area contributed by atoms with E-state index in [1.165, 1.54) is 42.5 Å². The van der Waals surface area contributed by atoms with Crippen molar-refractivity contribution in [3.63, 3.8) is 0 Å². The van der Waals surface area contributed by atoms with Crippen LogP contribution in [0.25, 0.3) is 5.65 Å². The van der Waals surface area contributed by atoms with Gasteiger partial charge in [-0.25, -0.2) is 8.91 Å². The minimum absolute atomic E-state index is 0.00500. The number of pyridine rings is 1. The Bertz CT molecular complexity index is 728. The van der Waals surface area contributed by atoms with E-state index in [1.807, 2.05) is 0 Å². The molecule has 2 saturated carbocycles. The summed E-state index contributed by atoms with van der Waals surface area (Å²) in [5, 5.41) is 6.94. The van der Waals surface area contributed by atoms with E-state index in [-0.39, 0.29) is 23.6 Å². The average Bonchev–Trinajstić information content (AvgIpc) is 2.95. The molecular weight excluding hydrogens is 295 g/mol. The van der Waals surface area contributed by atoms with Crippen LogP contribution in [0.5, 0.6) is 0 Å². The Kier molecular flexibility index (Phi) is 3.75. The summed E-state index contributed by atoms with van der Waals surface area (Å²) in [6.07, 6.45) is 9.60. The van der Waals surface area contributed by atoms with Crippen molar-refractivity contribution in [1.29, 1.82) is 0 Å². The van der Waals surface area contributed by atoms with Crippen molar-refractivity contribution >= 4 is 17.5 Å². The number of hydrogen-bond donors (Lipinski definition) is 1. The van der Waals surface area contributed by atoms with Crippen molar-refractivity contribution in [3.8, 4) is 0 Å². The van der Waals surface area contributed by atoms with E-state index in [2.05, 4.69) is 15.4 Å². The zero-order chi connectivity index (χ0) is 15.8. The Labute approximate surface area is 134 Å². The first-order chi connectivity index (χ1) is 11.2. The molecule has 2 fully saturated rings. The first-order valence-electron chi connectivity index (χ1n) is 8.52. The number of aromatic nitrogens is 3. The summed E-state index contributed by atoms with van der Waals surface area (Å²) >= 11 is 0. The van der Waals surface area contributed by atoms with Crippen molar-refractivity contribution in [2.45, 2.75) is 44.9 Å². The second kappa shape index (κ2) is 5.91. The lowest BCUT2D eigenvalue weighted by Crippen LogP contribution is -2.34. The van der Waals surface area contributed by atoms with E-state index >= 15 is 0 Å². The van der Waals surface area contributed by atoms with E-state index < -0.39 is 0 Å². The fourth-order valence-corrected chi connectivity index (χ4v) is 4.23.